The topological polar surface area (TPSA) is 90.6 Å². The molecule has 0 aliphatic rings. The van der Waals surface area contributed by atoms with E-state index in [0.29, 0.717) is 28.0 Å². The van der Waals surface area contributed by atoms with Gasteiger partial charge in [0, 0.05) is 42.2 Å². The molecule has 160 valence electrons. The maximum Gasteiger partial charge on any atom is 0.451 e. The van der Waals surface area contributed by atoms with Gasteiger partial charge in [-0.1, -0.05) is 0 Å². The van der Waals surface area contributed by atoms with Gasteiger partial charge in [0.1, 0.15) is 23.4 Å². The van der Waals surface area contributed by atoms with Crippen molar-refractivity contribution in [2.75, 3.05) is 12.4 Å². The molecule has 0 aliphatic heterocycles. The van der Waals surface area contributed by atoms with Gasteiger partial charge < -0.3 is 10.1 Å². The highest BCUT2D eigenvalue weighted by Crippen LogP contribution is 2.34. The molecule has 31 heavy (non-hydrogen) atoms. The van der Waals surface area contributed by atoms with Crippen LogP contribution < -0.4 is 10.1 Å². The molecule has 0 bridgehead atoms. The van der Waals surface area contributed by atoms with Crippen molar-refractivity contribution >= 4 is 16.7 Å². The maximum atomic E-state index is 12.7. The molecule has 3 aromatic heterocycles. The van der Waals surface area contributed by atoms with E-state index >= 15 is 0 Å². The molecule has 1 aromatic carbocycles. The van der Waals surface area contributed by atoms with Crippen molar-refractivity contribution in [2.24, 2.45) is 7.05 Å². The second-order valence-electron chi connectivity index (χ2n) is 6.88. The smallest absolute Gasteiger partial charge is 0.451 e. The number of anilines is 1. The van der Waals surface area contributed by atoms with Crippen LogP contribution in [-0.4, -0.2) is 36.8 Å². The molecule has 0 amide bonds. The van der Waals surface area contributed by atoms with E-state index in [4.69, 9.17) is 4.74 Å². The van der Waals surface area contributed by atoms with E-state index in [1.165, 1.54) is 6.33 Å². The number of alkyl halides is 3. The number of hydrogen-bond acceptors (Lipinski definition) is 7. The van der Waals surface area contributed by atoms with Crippen molar-refractivity contribution in [1.29, 1.82) is 0 Å². The monoisotopic (exact) mass is 429 g/mol. The average molecular weight is 429 g/mol. The summed E-state index contributed by atoms with van der Waals surface area (Å²) in [6, 6.07) is 5.19. The predicted molar refractivity (Wildman–Crippen MR) is 107 cm³/mol. The fourth-order valence-corrected chi connectivity index (χ4v) is 3.12. The summed E-state index contributed by atoms with van der Waals surface area (Å²) in [4.78, 5) is 15.5. The third-order valence-electron chi connectivity index (χ3n) is 4.71. The number of ether oxygens (including phenoxy) is 1. The van der Waals surface area contributed by atoms with Crippen LogP contribution in [0.3, 0.4) is 0 Å². The summed E-state index contributed by atoms with van der Waals surface area (Å²) in [5.41, 5.74) is 2.64. The van der Waals surface area contributed by atoms with Crippen LogP contribution in [0.5, 0.6) is 5.75 Å². The molecule has 1 atom stereocenters. The molecule has 4 rings (SSSR count). The standard InChI is InChI=1S/C20H18F3N7O/c1-11(13-8-24-19(25-9-13)20(21,22)23)28-18-14-6-12(15-4-5-30(2)29-15)7-16(31-3)17(14)26-10-27-18/h4-11H,1-3H3,(H,26,27,28). The lowest BCUT2D eigenvalue weighted by atomic mass is 10.1. The predicted octanol–water partition coefficient (Wildman–Crippen LogP) is 4.02. The van der Waals surface area contributed by atoms with Gasteiger partial charge in [0.05, 0.1) is 18.8 Å². The first-order chi connectivity index (χ1) is 14.8. The number of hydrogen-bond donors (Lipinski definition) is 1. The van der Waals surface area contributed by atoms with Crippen LogP contribution >= 0.6 is 0 Å². The number of halogens is 3. The first-order valence-electron chi connectivity index (χ1n) is 9.24. The van der Waals surface area contributed by atoms with Gasteiger partial charge in [-0.25, -0.2) is 19.9 Å². The van der Waals surface area contributed by atoms with E-state index in [1.54, 1.807) is 18.7 Å². The van der Waals surface area contributed by atoms with Crippen LogP contribution in [0.1, 0.15) is 24.4 Å². The van der Waals surface area contributed by atoms with Crippen molar-refractivity contribution in [3.8, 4) is 17.0 Å². The summed E-state index contributed by atoms with van der Waals surface area (Å²) in [6.45, 7) is 1.78. The Kier molecular flexibility index (Phi) is 5.17. The minimum Gasteiger partial charge on any atom is -0.494 e. The Morgan fingerprint density at radius 2 is 1.84 bits per heavy atom. The highest BCUT2D eigenvalue weighted by atomic mass is 19.4. The molecule has 8 nitrogen and oxygen atoms in total. The van der Waals surface area contributed by atoms with Gasteiger partial charge in [-0.05, 0) is 25.1 Å². The van der Waals surface area contributed by atoms with E-state index in [0.717, 1.165) is 23.7 Å². The number of nitrogens with one attached hydrogen (secondary N) is 1. The Balaban J connectivity index is 1.71. The Hall–Kier alpha value is -3.76. The van der Waals surface area contributed by atoms with Crippen LogP contribution in [0.2, 0.25) is 0 Å². The van der Waals surface area contributed by atoms with E-state index in [2.05, 4.69) is 30.4 Å². The van der Waals surface area contributed by atoms with E-state index in [-0.39, 0.29) is 0 Å². The van der Waals surface area contributed by atoms with E-state index < -0.39 is 18.0 Å². The third kappa shape index (κ3) is 4.11. The number of nitrogens with zero attached hydrogens (tertiary/aromatic N) is 6. The average Bonchev–Trinajstić information content (AvgIpc) is 3.19. The number of methoxy groups -OCH3 is 1. The molecule has 4 aromatic rings. The maximum absolute atomic E-state index is 12.7. The van der Waals surface area contributed by atoms with E-state index in [1.807, 2.05) is 31.4 Å². The van der Waals surface area contributed by atoms with Gasteiger partial charge >= 0.3 is 6.18 Å². The summed E-state index contributed by atoms with van der Waals surface area (Å²) in [7, 11) is 3.38. The molecule has 11 heteroatoms. The minimum absolute atomic E-state index is 0.412. The molecule has 0 saturated carbocycles. The molecule has 3 heterocycles. The van der Waals surface area contributed by atoms with Crippen LogP contribution in [0, 0.1) is 0 Å². The molecule has 0 fully saturated rings. The van der Waals surface area contributed by atoms with Crippen LogP contribution in [0.15, 0.2) is 43.1 Å². The van der Waals surface area contributed by atoms with Crippen molar-refractivity contribution < 1.29 is 17.9 Å². The fraction of sp³-hybridized carbons (Fsp3) is 0.250. The molecule has 0 aliphatic carbocycles. The number of benzene rings is 1. The number of fused-ring (bicyclic) bond motifs is 1. The molecule has 0 spiro atoms. The Bertz CT molecular complexity index is 1220. The number of rotatable bonds is 5. The van der Waals surface area contributed by atoms with Crippen LogP contribution in [0.25, 0.3) is 22.2 Å². The van der Waals surface area contributed by atoms with Crippen molar-refractivity contribution in [3.63, 3.8) is 0 Å². The lowest BCUT2D eigenvalue weighted by Gasteiger charge is -2.17. The zero-order valence-electron chi connectivity index (χ0n) is 16.8. The van der Waals surface area contributed by atoms with Crippen LogP contribution in [0.4, 0.5) is 19.0 Å². The lowest BCUT2D eigenvalue weighted by Crippen LogP contribution is -2.14. The molecule has 0 radical (unpaired) electrons. The van der Waals surface area contributed by atoms with Gasteiger partial charge in [-0.2, -0.15) is 18.3 Å². The quantitative estimate of drug-likeness (QED) is 0.512. The number of aryl methyl sites for hydroxylation is 1. The molecule has 1 N–H and O–H groups in total. The zero-order valence-corrected chi connectivity index (χ0v) is 16.8. The van der Waals surface area contributed by atoms with E-state index in [9.17, 15) is 13.2 Å². The molecule has 0 saturated heterocycles. The van der Waals surface area contributed by atoms with Crippen molar-refractivity contribution in [2.45, 2.75) is 19.1 Å². The highest BCUT2D eigenvalue weighted by Gasteiger charge is 2.34. The van der Waals surface area contributed by atoms with Crippen molar-refractivity contribution in [1.82, 2.24) is 29.7 Å². The zero-order chi connectivity index (χ0) is 22.2. The van der Waals surface area contributed by atoms with Gasteiger partial charge in [0.15, 0.2) is 0 Å². The van der Waals surface area contributed by atoms with Crippen LogP contribution in [-0.2, 0) is 13.2 Å². The minimum atomic E-state index is -4.59. The summed E-state index contributed by atoms with van der Waals surface area (Å²) in [5.74, 6) is -0.136. The highest BCUT2D eigenvalue weighted by molar-refractivity contribution is 5.96. The summed E-state index contributed by atoms with van der Waals surface area (Å²) >= 11 is 0. The normalized spacial score (nSPS) is 12.7. The SMILES string of the molecule is COc1cc(-c2ccn(C)n2)cc2c(NC(C)c3cnc(C(F)(F)F)nc3)ncnc12. The third-order valence-corrected chi connectivity index (χ3v) is 4.71. The Morgan fingerprint density at radius 3 is 2.45 bits per heavy atom. The first-order valence-corrected chi connectivity index (χ1v) is 9.24. The second kappa shape index (κ2) is 7.82. The second-order valence-corrected chi connectivity index (χ2v) is 6.88. The molecular weight excluding hydrogens is 411 g/mol. The van der Waals surface area contributed by atoms with Crippen molar-refractivity contribution in [3.05, 3.63) is 54.5 Å². The lowest BCUT2D eigenvalue weighted by molar-refractivity contribution is -0.145. The molecule has 1 unspecified atom stereocenters. The summed E-state index contributed by atoms with van der Waals surface area (Å²) in [5, 5.41) is 8.30. The van der Waals surface area contributed by atoms with Gasteiger partial charge in [0.2, 0.25) is 5.82 Å². The summed E-state index contributed by atoms with van der Waals surface area (Å²) < 4.78 is 45.4. The van der Waals surface area contributed by atoms with Gasteiger partial charge in [-0.15, -0.1) is 0 Å². The summed E-state index contributed by atoms with van der Waals surface area (Å²) in [6.07, 6.45) is 0.937. The fourth-order valence-electron chi connectivity index (χ4n) is 3.12. The first kappa shape index (κ1) is 20.5. The Labute approximate surface area is 175 Å². The largest absolute Gasteiger partial charge is 0.494 e. The number of aromatic nitrogens is 6. The van der Waals surface area contributed by atoms with Gasteiger partial charge in [0.25, 0.3) is 0 Å². The Morgan fingerprint density at radius 1 is 1.10 bits per heavy atom. The van der Waals surface area contributed by atoms with Gasteiger partial charge in [-0.3, -0.25) is 4.68 Å². The molecular formula is C20H18F3N7O.